The Bertz CT molecular complexity index is 651. The zero-order chi connectivity index (χ0) is 14.0. The Morgan fingerprint density at radius 3 is 2.89 bits per heavy atom. The van der Waals surface area contributed by atoms with Crippen LogP contribution in [0.2, 0.25) is 5.02 Å². The van der Waals surface area contributed by atoms with Gasteiger partial charge in [0.2, 0.25) is 5.91 Å². The number of hydrogen-bond donors (Lipinski definition) is 1. The van der Waals surface area contributed by atoms with E-state index in [0.717, 1.165) is 0 Å². The molecule has 6 nitrogen and oxygen atoms in total. The molecule has 1 N–H and O–H groups in total. The number of benzene rings is 1. The van der Waals surface area contributed by atoms with E-state index in [2.05, 4.69) is 5.32 Å². The van der Waals surface area contributed by atoms with Gasteiger partial charge in [-0.05, 0) is 12.1 Å². The first-order valence-electron chi connectivity index (χ1n) is 5.66. The molecule has 0 saturated carbocycles. The number of amides is 1. The van der Waals surface area contributed by atoms with E-state index in [9.17, 15) is 14.9 Å². The van der Waals surface area contributed by atoms with Gasteiger partial charge in [0, 0.05) is 37.3 Å². The van der Waals surface area contributed by atoms with Crippen LogP contribution in [0.1, 0.15) is 6.42 Å². The van der Waals surface area contributed by atoms with E-state index >= 15 is 0 Å². The number of carbonyl (C=O) groups excluding carboxylic acids is 1. The molecule has 0 unspecified atom stereocenters. The zero-order valence-electron chi connectivity index (χ0n) is 10.2. The van der Waals surface area contributed by atoms with Crippen molar-refractivity contribution < 1.29 is 9.72 Å². The first-order valence-corrected chi connectivity index (χ1v) is 6.04. The summed E-state index contributed by atoms with van der Waals surface area (Å²) in [6, 6.07) is 4.65. The highest BCUT2D eigenvalue weighted by atomic mass is 35.5. The minimum atomic E-state index is -0.461. The fraction of sp³-hybridized carbons (Fsp3) is 0.250. The maximum absolute atomic E-state index is 11.2. The molecule has 1 heterocycles. The number of nitro groups is 1. The monoisotopic (exact) mass is 281 g/mol. The second-order valence-corrected chi connectivity index (χ2v) is 4.48. The Hall–Kier alpha value is -2.08. The second kappa shape index (κ2) is 5.27. The van der Waals surface area contributed by atoms with E-state index in [1.165, 1.54) is 6.07 Å². The molecular formula is C12H12ClN3O3. The van der Waals surface area contributed by atoms with Crippen LogP contribution < -0.4 is 5.32 Å². The molecule has 100 valence electrons. The largest absolute Gasteiger partial charge is 0.359 e. The molecule has 0 aliphatic heterocycles. The molecule has 2 aromatic rings. The maximum atomic E-state index is 11.2. The summed E-state index contributed by atoms with van der Waals surface area (Å²) in [7, 11) is 1.57. The molecule has 2 rings (SSSR count). The van der Waals surface area contributed by atoms with Crippen LogP contribution in [0.3, 0.4) is 0 Å². The SMILES string of the molecule is CNC(=O)CCn1ccc2c([N+](=O)[O-])cc(Cl)cc21. The Kier molecular flexibility index (Phi) is 3.71. The predicted octanol–water partition coefficient (Wildman–Crippen LogP) is 2.34. The number of nitro benzene ring substituents is 1. The maximum Gasteiger partial charge on any atom is 0.280 e. The lowest BCUT2D eigenvalue weighted by Gasteiger charge is -2.05. The van der Waals surface area contributed by atoms with Crippen molar-refractivity contribution in [2.75, 3.05) is 7.05 Å². The number of aromatic nitrogens is 1. The standard InChI is InChI=1S/C12H12ClN3O3/c1-14-12(17)3-5-15-4-2-9-10(15)6-8(13)7-11(9)16(18)19/h2,4,6-7H,3,5H2,1H3,(H,14,17). The van der Waals surface area contributed by atoms with Crippen molar-refractivity contribution in [3.8, 4) is 0 Å². The lowest BCUT2D eigenvalue weighted by molar-refractivity contribution is -0.383. The summed E-state index contributed by atoms with van der Waals surface area (Å²) in [6.45, 7) is 0.445. The molecule has 1 aromatic carbocycles. The van der Waals surface area contributed by atoms with Crippen LogP contribution in [0.15, 0.2) is 24.4 Å². The molecule has 0 radical (unpaired) electrons. The Labute approximate surface area is 114 Å². The van der Waals surface area contributed by atoms with Crippen molar-refractivity contribution in [3.05, 3.63) is 39.5 Å². The van der Waals surface area contributed by atoms with Gasteiger partial charge in [-0.15, -0.1) is 0 Å². The number of nitrogens with one attached hydrogen (secondary N) is 1. The number of rotatable bonds is 4. The molecule has 1 amide bonds. The summed E-state index contributed by atoms with van der Waals surface area (Å²) < 4.78 is 1.78. The number of halogens is 1. The Morgan fingerprint density at radius 2 is 2.26 bits per heavy atom. The van der Waals surface area contributed by atoms with Crippen LogP contribution in [-0.4, -0.2) is 22.4 Å². The normalized spacial score (nSPS) is 10.6. The Balaban J connectivity index is 2.42. The van der Waals surface area contributed by atoms with E-state index in [1.807, 2.05) is 0 Å². The van der Waals surface area contributed by atoms with E-state index in [4.69, 9.17) is 11.6 Å². The summed E-state index contributed by atoms with van der Waals surface area (Å²) in [4.78, 5) is 21.7. The molecule has 0 fully saturated rings. The van der Waals surface area contributed by atoms with Crippen molar-refractivity contribution in [1.82, 2.24) is 9.88 Å². The average molecular weight is 282 g/mol. The average Bonchev–Trinajstić information content (AvgIpc) is 2.77. The quantitative estimate of drug-likeness (QED) is 0.690. The van der Waals surface area contributed by atoms with Crippen LogP contribution in [0.4, 0.5) is 5.69 Å². The van der Waals surface area contributed by atoms with Gasteiger partial charge >= 0.3 is 0 Å². The fourth-order valence-electron chi connectivity index (χ4n) is 1.94. The van der Waals surface area contributed by atoms with Crippen LogP contribution in [0, 0.1) is 10.1 Å². The second-order valence-electron chi connectivity index (χ2n) is 4.05. The van der Waals surface area contributed by atoms with Crippen molar-refractivity contribution in [1.29, 1.82) is 0 Å². The van der Waals surface area contributed by atoms with E-state index < -0.39 is 4.92 Å². The molecule has 0 spiro atoms. The lowest BCUT2D eigenvalue weighted by atomic mass is 10.2. The number of nitrogens with zero attached hydrogens (tertiary/aromatic N) is 2. The third-order valence-electron chi connectivity index (χ3n) is 2.89. The molecule has 0 aliphatic carbocycles. The van der Waals surface area contributed by atoms with Crippen LogP contribution in [-0.2, 0) is 11.3 Å². The van der Waals surface area contributed by atoms with Crippen LogP contribution in [0.25, 0.3) is 10.9 Å². The van der Waals surface area contributed by atoms with Gasteiger partial charge < -0.3 is 9.88 Å². The number of aryl methyl sites for hydroxylation is 1. The first-order chi connectivity index (χ1) is 9.02. The highest BCUT2D eigenvalue weighted by Gasteiger charge is 2.16. The van der Waals surface area contributed by atoms with Gasteiger partial charge in [0.05, 0.1) is 15.8 Å². The van der Waals surface area contributed by atoms with Crippen molar-refractivity contribution >= 4 is 34.1 Å². The zero-order valence-corrected chi connectivity index (χ0v) is 11.0. The van der Waals surface area contributed by atoms with Gasteiger partial charge in [0.25, 0.3) is 5.69 Å². The van der Waals surface area contributed by atoms with Crippen molar-refractivity contribution in [3.63, 3.8) is 0 Å². The highest BCUT2D eigenvalue weighted by Crippen LogP contribution is 2.30. The minimum Gasteiger partial charge on any atom is -0.359 e. The Morgan fingerprint density at radius 1 is 1.53 bits per heavy atom. The van der Waals surface area contributed by atoms with Gasteiger partial charge in [-0.2, -0.15) is 0 Å². The summed E-state index contributed by atoms with van der Waals surface area (Å²) in [5.41, 5.74) is 0.629. The van der Waals surface area contributed by atoms with E-state index in [0.29, 0.717) is 28.9 Å². The smallest absolute Gasteiger partial charge is 0.280 e. The molecule has 0 aliphatic rings. The summed E-state index contributed by atoms with van der Waals surface area (Å²) in [5, 5.41) is 14.3. The van der Waals surface area contributed by atoms with Gasteiger partial charge in [0.1, 0.15) is 0 Å². The lowest BCUT2D eigenvalue weighted by Crippen LogP contribution is -2.19. The molecule has 7 heteroatoms. The minimum absolute atomic E-state index is 0.0267. The molecule has 0 saturated heterocycles. The highest BCUT2D eigenvalue weighted by molar-refractivity contribution is 6.31. The topological polar surface area (TPSA) is 77.2 Å². The fourth-order valence-corrected chi connectivity index (χ4v) is 2.14. The van der Waals surface area contributed by atoms with Crippen LogP contribution in [0.5, 0.6) is 0 Å². The third-order valence-corrected chi connectivity index (χ3v) is 3.11. The number of carbonyl (C=O) groups is 1. The first kappa shape index (κ1) is 13.4. The van der Waals surface area contributed by atoms with Gasteiger partial charge in [-0.1, -0.05) is 11.6 Å². The number of non-ortho nitro benzene ring substituents is 1. The summed E-state index contributed by atoms with van der Waals surface area (Å²) in [5.74, 6) is -0.0848. The number of hydrogen-bond acceptors (Lipinski definition) is 3. The van der Waals surface area contributed by atoms with E-state index in [1.54, 1.807) is 29.9 Å². The van der Waals surface area contributed by atoms with Gasteiger partial charge in [-0.3, -0.25) is 14.9 Å². The van der Waals surface area contributed by atoms with Crippen molar-refractivity contribution in [2.24, 2.45) is 0 Å². The molecule has 0 atom stereocenters. The summed E-state index contributed by atoms with van der Waals surface area (Å²) >= 11 is 5.89. The third kappa shape index (κ3) is 2.68. The predicted molar refractivity (Wildman–Crippen MR) is 72.3 cm³/mol. The van der Waals surface area contributed by atoms with E-state index in [-0.39, 0.29) is 11.6 Å². The summed E-state index contributed by atoms with van der Waals surface area (Å²) in [6.07, 6.45) is 2.03. The molecule has 0 bridgehead atoms. The molecule has 1 aromatic heterocycles. The van der Waals surface area contributed by atoms with Gasteiger partial charge in [0.15, 0.2) is 0 Å². The molecule has 19 heavy (non-hydrogen) atoms. The van der Waals surface area contributed by atoms with Crippen molar-refractivity contribution in [2.45, 2.75) is 13.0 Å². The number of fused-ring (bicyclic) bond motifs is 1. The molecular weight excluding hydrogens is 270 g/mol. The van der Waals surface area contributed by atoms with Crippen LogP contribution >= 0.6 is 11.6 Å². The van der Waals surface area contributed by atoms with Gasteiger partial charge in [-0.25, -0.2) is 0 Å².